The van der Waals surface area contributed by atoms with Crippen LogP contribution in [0, 0.1) is 0 Å². The third-order valence-corrected chi connectivity index (χ3v) is 4.70. The van der Waals surface area contributed by atoms with E-state index in [2.05, 4.69) is 58.0 Å². The predicted molar refractivity (Wildman–Crippen MR) is 84.0 cm³/mol. The lowest BCUT2D eigenvalue weighted by Gasteiger charge is -2.36. The molecule has 2 N–H and O–H groups in total. The fourth-order valence-electron chi connectivity index (χ4n) is 2.68. The first-order valence-corrected chi connectivity index (χ1v) is 7.75. The molecule has 1 aromatic carbocycles. The van der Waals surface area contributed by atoms with E-state index in [4.69, 9.17) is 5.73 Å². The van der Waals surface area contributed by atoms with E-state index in [0.29, 0.717) is 12.6 Å². The number of piperidine rings is 1. The van der Waals surface area contributed by atoms with E-state index in [1.165, 1.54) is 35.0 Å². The summed E-state index contributed by atoms with van der Waals surface area (Å²) in [5.41, 5.74) is 8.21. The predicted octanol–water partition coefficient (Wildman–Crippen LogP) is 2.43. The molecular formula is C15H24BrN3. The molecule has 0 bridgehead atoms. The molecule has 1 unspecified atom stereocenters. The van der Waals surface area contributed by atoms with Gasteiger partial charge < -0.3 is 10.6 Å². The molecule has 0 spiro atoms. The normalized spacial score (nSPS) is 21.0. The van der Waals surface area contributed by atoms with Crippen LogP contribution in [-0.4, -0.2) is 43.0 Å². The van der Waals surface area contributed by atoms with Crippen molar-refractivity contribution in [3.8, 4) is 0 Å². The Kier molecular flexibility index (Phi) is 5.39. The summed E-state index contributed by atoms with van der Waals surface area (Å²) in [4.78, 5) is 4.90. The second-order valence-electron chi connectivity index (χ2n) is 5.62. The minimum Gasteiger partial charge on any atom is -0.326 e. The van der Waals surface area contributed by atoms with Crippen molar-refractivity contribution >= 4 is 15.9 Å². The Morgan fingerprint density at radius 3 is 2.84 bits per heavy atom. The molecule has 1 heterocycles. The number of likely N-dealkylation sites (N-methyl/N-ethyl adjacent to an activating group) is 1. The Morgan fingerprint density at radius 1 is 1.42 bits per heavy atom. The molecule has 0 aliphatic carbocycles. The second-order valence-corrected chi connectivity index (χ2v) is 6.48. The lowest BCUT2D eigenvalue weighted by atomic mass is 10.0. The monoisotopic (exact) mass is 325 g/mol. The fraction of sp³-hybridized carbons (Fsp3) is 0.600. The summed E-state index contributed by atoms with van der Waals surface area (Å²) >= 11 is 3.67. The average Bonchev–Trinajstić information content (AvgIpc) is 2.41. The Morgan fingerprint density at radius 2 is 2.21 bits per heavy atom. The first kappa shape index (κ1) is 15.0. The highest BCUT2D eigenvalue weighted by Crippen LogP contribution is 2.22. The van der Waals surface area contributed by atoms with Crippen molar-refractivity contribution in [2.75, 3.05) is 27.2 Å². The summed E-state index contributed by atoms with van der Waals surface area (Å²) < 4.78 is 1.18. The molecule has 0 aromatic heterocycles. The average molecular weight is 326 g/mol. The molecule has 1 aliphatic heterocycles. The fourth-order valence-corrected chi connectivity index (χ4v) is 3.23. The molecule has 1 fully saturated rings. The smallest absolute Gasteiger partial charge is 0.0245 e. The van der Waals surface area contributed by atoms with Crippen LogP contribution in [0.25, 0.3) is 0 Å². The second kappa shape index (κ2) is 6.84. The van der Waals surface area contributed by atoms with E-state index >= 15 is 0 Å². The molecule has 106 valence electrons. The number of likely N-dealkylation sites (tertiary alicyclic amines) is 1. The minimum atomic E-state index is 0.602. The van der Waals surface area contributed by atoms with Crippen LogP contribution in [0.5, 0.6) is 0 Å². The zero-order valence-electron chi connectivity index (χ0n) is 11.9. The van der Waals surface area contributed by atoms with Gasteiger partial charge in [0.25, 0.3) is 0 Å². The highest BCUT2D eigenvalue weighted by Gasteiger charge is 2.21. The molecular weight excluding hydrogens is 302 g/mol. The van der Waals surface area contributed by atoms with Gasteiger partial charge in [-0.3, -0.25) is 4.90 Å². The summed E-state index contributed by atoms with van der Waals surface area (Å²) in [6.45, 7) is 3.99. The van der Waals surface area contributed by atoms with Gasteiger partial charge in [0.2, 0.25) is 0 Å². The molecule has 19 heavy (non-hydrogen) atoms. The molecule has 4 heteroatoms. The molecule has 1 atom stereocenters. The standard InChI is InChI=1S/C15H24BrN3/c1-18(2)14-4-3-7-19(11-14)10-13-6-5-12(9-17)8-15(13)16/h5-6,8,14H,3-4,7,9-11,17H2,1-2H3. The largest absolute Gasteiger partial charge is 0.326 e. The van der Waals surface area contributed by atoms with Crippen LogP contribution in [0.4, 0.5) is 0 Å². The van der Waals surface area contributed by atoms with E-state index < -0.39 is 0 Å². The Balaban J connectivity index is 2.00. The Hall–Kier alpha value is -0.420. The van der Waals surface area contributed by atoms with Crippen molar-refractivity contribution in [2.24, 2.45) is 5.73 Å². The highest BCUT2D eigenvalue weighted by atomic mass is 79.9. The number of nitrogens with two attached hydrogens (primary N) is 1. The topological polar surface area (TPSA) is 32.5 Å². The Bertz CT molecular complexity index is 420. The number of benzene rings is 1. The van der Waals surface area contributed by atoms with Crippen LogP contribution in [-0.2, 0) is 13.1 Å². The molecule has 1 aliphatic rings. The molecule has 0 radical (unpaired) electrons. The molecule has 2 rings (SSSR count). The zero-order valence-corrected chi connectivity index (χ0v) is 13.5. The van der Waals surface area contributed by atoms with Gasteiger partial charge in [-0.15, -0.1) is 0 Å². The third-order valence-electron chi connectivity index (χ3n) is 3.96. The number of nitrogens with zero attached hydrogens (tertiary/aromatic N) is 2. The summed E-state index contributed by atoms with van der Waals surface area (Å²) in [5.74, 6) is 0. The van der Waals surface area contributed by atoms with E-state index in [1.54, 1.807) is 0 Å². The van der Waals surface area contributed by atoms with Crippen molar-refractivity contribution in [2.45, 2.75) is 32.0 Å². The number of hydrogen-bond acceptors (Lipinski definition) is 3. The van der Waals surface area contributed by atoms with Gasteiger partial charge in [-0.25, -0.2) is 0 Å². The lowest BCUT2D eigenvalue weighted by molar-refractivity contribution is 0.128. The molecule has 0 saturated carbocycles. The summed E-state index contributed by atoms with van der Waals surface area (Å²) in [6, 6.07) is 7.16. The van der Waals surface area contributed by atoms with Gasteiger partial charge in [-0.05, 0) is 50.7 Å². The number of hydrogen-bond donors (Lipinski definition) is 1. The van der Waals surface area contributed by atoms with Crippen LogP contribution < -0.4 is 5.73 Å². The van der Waals surface area contributed by atoms with E-state index in [-0.39, 0.29) is 0 Å². The lowest BCUT2D eigenvalue weighted by Crippen LogP contribution is -2.44. The minimum absolute atomic E-state index is 0.602. The molecule has 3 nitrogen and oxygen atoms in total. The number of rotatable bonds is 4. The summed E-state index contributed by atoms with van der Waals surface area (Å²) in [7, 11) is 4.36. The first-order valence-electron chi connectivity index (χ1n) is 6.96. The van der Waals surface area contributed by atoms with Gasteiger partial charge in [0.05, 0.1) is 0 Å². The highest BCUT2D eigenvalue weighted by molar-refractivity contribution is 9.10. The van der Waals surface area contributed by atoms with Crippen LogP contribution in [0.2, 0.25) is 0 Å². The zero-order chi connectivity index (χ0) is 13.8. The summed E-state index contributed by atoms with van der Waals surface area (Å²) in [5, 5.41) is 0. The quantitative estimate of drug-likeness (QED) is 0.922. The van der Waals surface area contributed by atoms with Gasteiger partial charge in [0, 0.05) is 30.1 Å². The van der Waals surface area contributed by atoms with Gasteiger partial charge in [0.15, 0.2) is 0 Å². The molecule has 0 amide bonds. The maximum Gasteiger partial charge on any atom is 0.0245 e. The van der Waals surface area contributed by atoms with Crippen LogP contribution >= 0.6 is 15.9 Å². The summed E-state index contributed by atoms with van der Waals surface area (Å²) in [6.07, 6.45) is 2.61. The van der Waals surface area contributed by atoms with Gasteiger partial charge >= 0.3 is 0 Å². The molecule has 1 aromatic rings. The van der Waals surface area contributed by atoms with Crippen LogP contribution in [0.3, 0.4) is 0 Å². The SMILES string of the molecule is CN(C)C1CCCN(Cc2ccc(CN)cc2Br)C1. The Labute approximate surface area is 124 Å². The maximum atomic E-state index is 5.67. The van der Waals surface area contributed by atoms with Crippen molar-refractivity contribution in [3.05, 3.63) is 33.8 Å². The van der Waals surface area contributed by atoms with Gasteiger partial charge in [0.1, 0.15) is 0 Å². The van der Waals surface area contributed by atoms with E-state index in [9.17, 15) is 0 Å². The first-order chi connectivity index (χ1) is 9.10. The van der Waals surface area contributed by atoms with E-state index in [1.807, 2.05) is 0 Å². The van der Waals surface area contributed by atoms with Crippen molar-refractivity contribution in [1.29, 1.82) is 0 Å². The van der Waals surface area contributed by atoms with Crippen molar-refractivity contribution in [3.63, 3.8) is 0 Å². The van der Waals surface area contributed by atoms with Crippen LogP contribution in [0.1, 0.15) is 24.0 Å². The van der Waals surface area contributed by atoms with Crippen LogP contribution in [0.15, 0.2) is 22.7 Å². The third kappa shape index (κ3) is 4.02. The number of halogens is 1. The van der Waals surface area contributed by atoms with Crippen molar-refractivity contribution in [1.82, 2.24) is 9.80 Å². The van der Waals surface area contributed by atoms with Crippen molar-refractivity contribution < 1.29 is 0 Å². The van der Waals surface area contributed by atoms with E-state index in [0.717, 1.165) is 13.1 Å². The van der Waals surface area contributed by atoms with Gasteiger partial charge in [-0.1, -0.05) is 28.1 Å². The van der Waals surface area contributed by atoms with Gasteiger partial charge in [-0.2, -0.15) is 0 Å². The molecule has 1 saturated heterocycles. The maximum absolute atomic E-state index is 5.67.